The Morgan fingerprint density at radius 3 is 2.35 bits per heavy atom. The number of carbonyl (C=O) groups is 1. The maximum Gasteiger partial charge on any atom is 0.419 e. The van der Waals surface area contributed by atoms with Crippen molar-refractivity contribution >= 4 is 5.91 Å². The van der Waals surface area contributed by atoms with Crippen molar-refractivity contribution in [3.8, 4) is 5.75 Å². The van der Waals surface area contributed by atoms with Crippen molar-refractivity contribution in [3.63, 3.8) is 0 Å². The van der Waals surface area contributed by atoms with Crippen molar-refractivity contribution in [3.05, 3.63) is 29.8 Å². The van der Waals surface area contributed by atoms with Gasteiger partial charge in [0.05, 0.1) is 17.5 Å². The van der Waals surface area contributed by atoms with Gasteiger partial charge in [-0.15, -0.1) is 0 Å². The lowest BCUT2D eigenvalue weighted by molar-refractivity contribution is -0.139. The van der Waals surface area contributed by atoms with Crippen LogP contribution < -0.4 is 15.8 Å². The number of ether oxygens (including phenoxy) is 1. The zero-order chi connectivity index (χ0) is 17.5. The number of para-hydroxylation sites is 1. The third kappa shape index (κ3) is 4.86. The van der Waals surface area contributed by atoms with Gasteiger partial charge in [0, 0.05) is 6.54 Å². The van der Waals surface area contributed by atoms with Crippen molar-refractivity contribution < 1.29 is 22.7 Å². The molecule has 0 saturated carbocycles. The molecule has 4 nitrogen and oxygen atoms in total. The molecule has 1 rings (SSSR count). The highest BCUT2D eigenvalue weighted by Gasteiger charge is 2.34. The van der Waals surface area contributed by atoms with Crippen LogP contribution in [0.2, 0.25) is 0 Å². The fraction of sp³-hybridized carbons (Fsp3) is 0.562. The van der Waals surface area contributed by atoms with Crippen LogP contribution in [0, 0.1) is 5.41 Å². The highest BCUT2D eigenvalue weighted by atomic mass is 19.4. The number of nitrogens with two attached hydrogens (primary N) is 1. The quantitative estimate of drug-likeness (QED) is 0.719. The SMILES string of the molecule is CCC(CC)(CN)C(=O)NCCOc1ccccc1C(F)(F)F. The minimum absolute atomic E-state index is 0.0487. The molecule has 0 bridgehead atoms. The van der Waals surface area contributed by atoms with E-state index in [0.29, 0.717) is 12.8 Å². The second kappa shape index (κ2) is 8.19. The van der Waals surface area contributed by atoms with Crippen LogP contribution in [0.1, 0.15) is 32.3 Å². The second-order valence-electron chi connectivity index (χ2n) is 5.29. The van der Waals surface area contributed by atoms with E-state index in [4.69, 9.17) is 10.5 Å². The van der Waals surface area contributed by atoms with E-state index in [2.05, 4.69) is 5.32 Å². The Morgan fingerprint density at radius 2 is 1.83 bits per heavy atom. The van der Waals surface area contributed by atoms with E-state index in [1.807, 2.05) is 13.8 Å². The highest BCUT2D eigenvalue weighted by molar-refractivity contribution is 5.82. The first-order valence-electron chi connectivity index (χ1n) is 7.58. The molecule has 0 aliphatic carbocycles. The molecular formula is C16H23F3N2O2. The monoisotopic (exact) mass is 332 g/mol. The summed E-state index contributed by atoms with van der Waals surface area (Å²) in [6, 6.07) is 4.99. The normalized spacial score (nSPS) is 12.1. The minimum atomic E-state index is -4.47. The van der Waals surface area contributed by atoms with Gasteiger partial charge in [-0.3, -0.25) is 4.79 Å². The van der Waals surface area contributed by atoms with Gasteiger partial charge in [-0.2, -0.15) is 13.2 Å². The van der Waals surface area contributed by atoms with E-state index in [-0.39, 0.29) is 31.4 Å². The predicted octanol–water partition coefficient (Wildman–Crippen LogP) is 2.97. The molecule has 0 fully saturated rings. The maximum atomic E-state index is 12.8. The van der Waals surface area contributed by atoms with Gasteiger partial charge in [-0.05, 0) is 25.0 Å². The molecule has 0 heterocycles. The Hall–Kier alpha value is -1.76. The molecule has 1 amide bonds. The molecule has 0 unspecified atom stereocenters. The summed E-state index contributed by atoms with van der Waals surface area (Å²) < 4.78 is 43.6. The van der Waals surface area contributed by atoms with Gasteiger partial charge in [-0.25, -0.2) is 0 Å². The number of alkyl halides is 3. The maximum absolute atomic E-state index is 12.8. The zero-order valence-corrected chi connectivity index (χ0v) is 13.4. The van der Waals surface area contributed by atoms with Crippen molar-refractivity contribution in [2.45, 2.75) is 32.9 Å². The predicted molar refractivity (Wildman–Crippen MR) is 82.0 cm³/mol. The summed E-state index contributed by atoms with van der Waals surface area (Å²) in [4.78, 5) is 12.2. The van der Waals surface area contributed by atoms with Gasteiger partial charge in [0.15, 0.2) is 0 Å². The lowest BCUT2D eigenvalue weighted by Gasteiger charge is -2.28. The summed E-state index contributed by atoms with van der Waals surface area (Å²) in [6.45, 7) is 4.06. The van der Waals surface area contributed by atoms with E-state index >= 15 is 0 Å². The van der Waals surface area contributed by atoms with Gasteiger partial charge in [0.25, 0.3) is 0 Å². The summed E-state index contributed by atoms with van der Waals surface area (Å²) >= 11 is 0. The second-order valence-corrected chi connectivity index (χ2v) is 5.29. The van der Waals surface area contributed by atoms with Crippen LogP contribution in [-0.2, 0) is 11.0 Å². The number of amides is 1. The van der Waals surface area contributed by atoms with Crippen molar-refractivity contribution in [1.82, 2.24) is 5.32 Å². The van der Waals surface area contributed by atoms with Gasteiger partial charge in [0.2, 0.25) is 5.91 Å². The van der Waals surface area contributed by atoms with Gasteiger partial charge >= 0.3 is 6.18 Å². The average molecular weight is 332 g/mol. The fourth-order valence-corrected chi connectivity index (χ4v) is 2.29. The number of halogens is 3. The first-order valence-corrected chi connectivity index (χ1v) is 7.58. The third-order valence-electron chi connectivity index (χ3n) is 4.06. The molecule has 0 aliphatic heterocycles. The van der Waals surface area contributed by atoms with Crippen molar-refractivity contribution in [2.75, 3.05) is 19.7 Å². The average Bonchev–Trinajstić information content (AvgIpc) is 2.53. The molecular weight excluding hydrogens is 309 g/mol. The first kappa shape index (κ1) is 19.3. The number of hydrogen-bond acceptors (Lipinski definition) is 3. The van der Waals surface area contributed by atoms with Crippen molar-refractivity contribution in [2.24, 2.45) is 11.1 Å². The third-order valence-corrected chi connectivity index (χ3v) is 4.06. The van der Waals surface area contributed by atoms with Crippen LogP contribution in [0.15, 0.2) is 24.3 Å². The summed E-state index contributed by atoms with van der Waals surface area (Å²) in [5.74, 6) is -0.442. The number of rotatable bonds is 8. The standard InChI is InChI=1S/C16H23F3N2O2/c1-3-15(4-2,11-20)14(22)21-9-10-23-13-8-6-5-7-12(13)16(17,18)19/h5-8H,3-4,9-11,20H2,1-2H3,(H,21,22). The zero-order valence-electron chi connectivity index (χ0n) is 13.4. The minimum Gasteiger partial charge on any atom is -0.491 e. The van der Waals surface area contributed by atoms with E-state index in [1.165, 1.54) is 18.2 Å². The Balaban J connectivity index is 2.58. The van der Waals surface area contributed by atoms with Crippen LogP contribution in [-0.4, -0.2) is 25.6 Å². The summed E-state index contributed by atoms with van der Waals surface area (Å²) in [7, 11) is 0. The molecule has 3 N–H and O–H groups in total. The molecule has 1 aromatic rings. The molecule has 1 aromatic carbocycles. The molecule has 0 aromatic heterocycles. The lowest BCUT2D eigenvalue weighted by atomic mass is 9.81. The Morgan fingerprint density at radius 1 is 1.22 bits per heavy atom. The highest BCUT2D eigenvalue weighted by Crippen LogP contribution is 2.35. The van der Waals surface area contributed by atoms with Gasteiger partial charge in [0.1, 0.15) is 12.4 Å². The van der Waals surface area contributed by atoms with Crippen LogP contribution in [0.5, 0.6) is 5.75 Å². The molecule has 130 valence electrons. The largest absolute Gasteiger partial charge is 0.491 e. The Labute approximate surface area is 134 Å². The molecule has 0 saturated heterocycles. The number of nitrogens with one attached hydrogen (secondary N) is 1. The van der Waals surface area contributed by atoms with Crippen LogP contribution in [0.4, 0.5) is 13.2 Å². The fourth-order valence-electron chi connectivity index (χ4n) is 2.29. The van der Waals surface area contributed by atoms with E-state index in [0.717, 1.165) is 6.07 Å². The number of carbonyl (C=O) groups excluding carboxylic acids is 1. The summed E-state index contributed by atoms with van der Waals surface area (Å²) in [6.07, 6.45) is -3.27. The van der Waals surface area contributed by atoms with Gasteiger partial charge in [-0.1, -0.05) is 26.0 Å². The summed E-state index contributed by atoms with van der Waals surface area (Å²) in [5.41, 5.74) is 4.21. The van der Waals surface area contributed by atoms with Crippen molar-refractivity contribution in [1.29, 1.82) is 0 Å². The molecule has 7 heteroatoms. The molecule has 0 radical (unpaired) electrons. The van der Waals surface area contributed by atoms with Crippen LogP contribution >= 0.6 is 0 Å². The molecule has 0 aliphatic rings. The summed E-state index contributed by atoms with van der Waals surface area (Å²) in [5, 5.41) is 2.68. The van der Waals surface area contributed by atoms with Gasteiger partial charge < -0.3 is 15.8 Å². The Kier molecular flexibility index (Phi) is 6.87. The number of hydrogen-bond donors (Lipinski definition) is 2. The van der Waals surface area contributed by atoms with E-state index in [9.17, 15) is 18.0 Å². The first-order chi connectivity index (χ1) is 10.8. The lowest BCUT2D eigenvalue weighted by Crippen LogP contribution is -2.46. The topological polar surface area (TPSA) is 64.4 Å². The van der Waals surface area contributed by atoms with E-state index in [1.54, 1.807) is 0 Å². The van der Waals surface area contributed by atoms with E-state index < -0.39 is 17.2 Å². The Bertz CT molecular complexity index is 506. The molecule has 23 heavy (non-hydrogen) atoms. The number of benzene rings is 1. The van der Waals surface area contributed by atoms with Crippen LogP contribution in [0.3, 0.4) is 0 Å². The smallest absolute Gasteiger partial charge is 0.419 e. The molecule has 0 atom stereocenters. The molecule has 0 spiro atoms. The van der Waals surface area contributed by atoms with Crippen LogP contribution in [0.25, 0.3) is 0 Å².